The molecule has 4 aromatic heterocycles. The third-order valence-electron chi connectivity index (χ3n) is 8.21. The standard InChI is InChI=1S/C35H23N3S/c1-2-12-22(13-3-1)37-26-17-7-4-14-23(26)31-30-24-15-5-8-18-27(24)38(29-20-10-11-21-36-29)33(30)32-25-16-6-9-19-28(25)39-35(32)34(31)37/h1-5,7-15,17-21H,6,16H2. The fraction of sp³-hybridized carbons (Fsp3) is 0.0571. The number of hydrogen-bond acceptors (Lipinski definition) is 2. The van der Waals surface area contributed by atoms with Crippen LogP contribution < -0.4 is 0 Å². The van der Waals surface area contributed by atoms with Gasteiger partial charge in [0, 0.05) is 43.7 Å². The van der Waals surface area contributed by atoms with E-state index in [0.29, 0.717) is 0 Å². The van der Waals surface area contributed by atoms with Crippen molar-refractivity contribution >= 4 is 71.1 Å². The Morgan fingerprint density at radius 1 is 0.641 bits per heavy atom. The maximum Gasteiger partial charge on any atom is 0.137 e. The zero-order valence-electron chi connectivity index (χ0n) is 21.1. The molecule has 39 heavy (non-hydrogen) atoms. The first kappa shape index (κ1) is 21.3. The van der Waals surface area contributed by atoms with Crippen molar-refractivity contribution in [3.63, 3.8) is 0 Å². The Morgan fingerprint density at radius 3 is 2.10 bits per heavy atom. The lowest BCUT2D eigenvalue weighted by Gasteiger charge is -2.12. The number of para-hydroxylation sites is 3. The second-order valence-corrected chi connectivity index (χ2v) is 11.3. The Morgan fingerprint density at radius 2 is 1.33 bits per heavy atom. The highest BCUT2D eigenvalue weighted by Gasteiger charge is 2.28. The molecule has 4 heteroatoms. The van der Waals surface area contributed by atoms with E-state index in [1.165, 1.54) is 69.8 Å². The summed E-state index contributed by atoms with van der Waals surface area (Å²) in [6, 6.07) is 34.8. The molecule has 184 valence electrons. The Kier molecular flexibility index (Phi) is 4.32. The van der Waals surface area contributed by atoms with Gasteiger partial charge in [0.05, 0.1) is 26.8 Å². The minimum Gasteiger partial charge on any atom is -0.308 e. The smallest absolute Gasteiger partial charge is 0.137 e. The van der Waals surface area contributed by atoms with Gasteiger partial charge in [-0.2, -0.15) is 0 Å². The third-order valence-corrected chi connectivity index (χ3v) is 9.42. The summed E-state index contributed by atoms with van der Waals surface area (Å²) in [6.07, 6.45) is 8.70. The Hall–Kier alpha value is -4.67. The molecular weight excluding hydrogens is 494 g/mol. The predicted molar refractivity (Wildman–Crippen MR) is 166 cm³/mol. The first-order valence-electron chi connectivity index (χ1n) is 13.5. The fourth-order valence-electron chi connectivity index (χ4n) is 6.71. The van der Waals surface area contributed by atoms with Crippen LogP contribution in [0.15, 0.2) is 109 Å². The molecule has 0 saturated heterocycles. The van der Waals surface area contributed by atoms with E-state index in [9.17, 15) is 0 Å². The molecule has 0 aliphatic heterocycles. The Bertz CT molecular complexity index is 2260. The Labute approximate surface area is 228 Å². The summed E-state index contributed by atoms with van der Waals surface area (Å²) in [4.78, 5) is 6.25. The van der Waals surface area contributed by atoms with Crippen molar-refractivity contribution in [3.8, 4) is 11.5 Å². The van der Waals surface area contributed by atoms with Crippen LogP contribution in [0.1, 0.15) is 16.9 Å². The highest BCUT2D eigenvalue weighted by molar-refractivity contribution is 7.21. The second kappa shape index (κ2) is 7.92. The van der Waals surface area contributed by atoms with Gasteiger partial charge in [-0.3, -0.25) is 4.57 Å². The largest absolute Gasteiger partial charge is 0.308 e. The molecule has 0 radical (unpaired) electrons. The molecule has 0 saturated carbocycles. The van der Waals surface area contributed by atoms with Gasteiger partial charge in [0.2, 0.25) is 0 Å². The number of fused-ring (bicyclic) bond motifs is 12. The maximum absolute atomic E-state index is 4.87. The third kappa shape index (κ3) is 2.79. The summed E-state index contributed by atoms with van der Waals surface area (Å²) in [5, 5.41) is 6.58. The van der Waals surface area contributed by atoms with Crippen LogP contribution in [0.25, 0.3) is 71.3 Å². The number of benzene rings is 4. The van der Waals surface area contributed by atoms with Gasteiger partial charge >= 0.3 is 0 Å². The highest BCUT2D eigenvalue weighted by atomic mass is 32.1. The van der Waals surface area contributed by atoms with Crippen molar-refractivity contribution in [3.05, 3.63) is 120 Å². The van der Waals surface area contributed by atoms with E-state index in [-0.39, 0.29) is 0 Å². The van der Waals surface area contributed by atoms with E-state index >= 15 is 0 Å². The summed E-state index contributed by atoms with van der Waals surface area (Å²) >= 11 is 1.94. The zero-order valence-corrected chi connectivity index (χ0v) is 22.0. The Balaban J connectivity index is 1.66. The molecule has 0 fully saturated rings. The lowest BCUT2D eigenvalue weighted by atomic mass is 9.97. The van der Waals surface area contributed by atoms with Crippen molar-refractivity contribution in [1.29, 1.82) is 0 Å². The molecule has 4 aromatic carbocycles. The maximum atomic E-state index is 4.87. The van der Waals surface area contributed by atoms with Crippen LogP contribution in [-0.4, -0.2) is 14.1 Å². The minimum atomic E-state index is 0.961. The fourth-order valence-corrected chi connectivity index (χ4v) is 8.03. The molecule has 0 N–H and O–H groups in total. The number of hydrogen-bond donors (Lipinski definition) is 0. The molecular formula is C35H23N3S. The molecule has 9 rings (SSSR count). The quantitative estimate of drug-likeness (QED) is 0.224. The predicted octanol–water partition coefficient (Wildman–Crippen LogP) is 9.45. The molecule has 0 atom stereocenters. The van der Waals surface area contributed by atoms with Crippen molar-refractivity contribution < 1.29 is 0 Å². The van der Waals surface area contributed by atoms with E-state index < -0.39 is 0 Å². The molecule has 0 unspecified atom stereocenters. The number of allylic oxidation sites excluding steroid dienone is 1. The van der Waals surface area contributed by atoms with Gasteiger partial charge in [0.25, 0.3) is 0 Å². The summed E-state index contributed by atoms with van der Waals surface area (Å²) in [5.41, 5.74) is 7.68. The van der Waals surface area contributed by atoms with Crippen LogP contribution in [0.4, 0.5) is 0 Å². The second-order valence-electron chi connectivity index (χ2n) is 10.3. The van der Waals surface area contributed by atoms with Gasteiger partial charge in [0.15, 0.2) is 0 Å². The molecule has 0 bridgehead atoms. The first-order chi connectivity index (χ1) is 19.4. The van der Waals surface area contributed by atoms with Crippen LogP contribution in [0.3, 0.4) is 0 Å². The lowest BCUT2D eigenvalue weighted by molar-refractivity contribution is 1.00. The van der Waals surface area contributed by atoms with Gasteiger partial charge in [-0.05, 0) is 60.9 Å². The van der Waals surface area contributed by atoms with Crippen LogP contribution >= 0.6 is 11.3 Å². The van der Waals surface area contributed by atoms with E-state index in [0.717, 1.165) is 18.7 Å². The number of rotatable bonds is 2. The number of aromatic nitrogens is 3. The molecule has 4 heterocycles. The van der Waals surface area contributed by atoms with Crippen molar-refractivity contribution in [2.75, 3.05) is 0 Å². The molecule has 0 amide bonds. The van der Waals surface area contributed by atoms with Crippen molar-refractivity contribution in [1.82, 2.24) is 14.1 Å². The van der Waals surface area contributed by atoms with Crippen LogP contribution in [0.2, 0.25) is 0 Å². The number of aryl methyl sites for hydroxylation is 1. The van der Waals surface area contributed by atoms with E-state index in [1.807, 2.05) is 23.6 Å². The van der Waals surface area contributed by atoms with Gasteiger partial charge < -0.3 is 4.57 Å². The summed E-state index contributed by atoms with van der Waals surface area (Å²) < 4.78 is 6.26. The normalized spacial score (nSPS) is 13.3. The van der Waals surface area contributed by atoms with Crippen molar-refractivity contribution in [2.24, 2.45) is 0 Å². The van der Waals surface area contributed by atoms with E-state index in [4.69, 9.17) is 4.98 Å². The summed E-state index contributed by atoms with van der Waals surface area (Å²) in [7, 11) is 0. The van der Waals surface area contributed by atoms with Crippen LogP contribution in [-0.2, 0) is 6.42 Å². The number of nitrogens with zero attached hydrogens (tertiary/aromatic N) is 3. The summed E-state index contributed by atoms with van der Waals surface area (Å²) in [6.45, 7) is 0. The number of pyridine rings is 1. The zero-order chi connectivity index (χ0) is 25.5. The summed E-state index contributed by atoms with van der Waals surface area (Å²) in [5.74, 6) is 0.961. The topological polar surface area (TPSA) is 22.8 Å². The average Bonchev–Trinajstić information content (AvgIpc) is 3.66. The van der Waals surface area contributed by atoms with E-state index in [1.54, 1.807) is 0 Å². The SMILES string of the molecule is C1=Cc2sc3c(c2CC1)c1c(c2ccccc2n1-c1ccccn1)c1c2ccccc2n(-c2ccccc2)c31. The monoisotopic (exact) mass is 517 g/mol. The van der Waals surface area contributed by atoms with E-state index in [2.05, 4.69) is 112 Å². The van der Waals surface area contributed by atoms with Gasteiger partial charge in [0.1, 0.15) is 5.82 Å². The molecule has 8 aromatic rings. The molecule has 1 aliphatic rings. The van der Waals surface area contributed by atoms with Gasteiger partial charge in [-0.25, -0.2) is 4.98 Å². The van der Waals surface area contributed by atoms with Gasteiger partial charge in [-0.15, -0.1) is 11.3 Å². The van der Waals surface area contributed by atoms with Crippen molar-refractivity contribution in [2.45, 2.75) is 12.8 Å². The number of thiophene rings is 1. The first-order valence-corrected chi connectivity index (χ1v) is 14.3. The minimum absolute atomic E-state index is 0.961. The molecule has 3 nitrogen and oxygen atoms in total. The van der Waals surface area contributed by atoms with Gasteiger partial charge in [-0.1, -0.05) is 66.7 Å². The lowest BCUT2D eigenvalue weighted by Crippen LogP contribution is -1.99. The van der Waals surface area contributed by atoms with Crippen LogP contribution in [0.5, 0.6) is 0 Å². The molecule has 1 aliphatic carbocycles. The highest BCUT2D eigenvalue weighted by Crippen LogP contribution is 2.51. The molecule has 0 spiro atoms. The van der Waals surface area contributed by atoms with Crippen LogP contribution in [0, 0.1) is 0 Å². The average molecular weight is 518 g/mol.